The average Bonchev–Trinajstić information content (AvgIpc) is 3.61. The number of hydrogen-bond acceptors (Lipinski definition) is 10. The minimum atomic E-state index is -1.40. The van der Waals surface area contributed by atoms with Gasteiger partial charge >= 0.3 is 0 Å². The van der Waals surface area contributed by atoms with E-state index in [0.29, 0.717) is 30.3 Å². The van der Waals surface area contributed by atoms with Crippen molar-refractivity contribution < 1.29 is 5.21 Å². The molecule has 45 heavy (non-hydrogen) atoms. The van der Waals surface area contributed by atoms with Gasteiger partial charge in [0, 0.05) is 70.0 Å². The molecule has 3 aliphatic heterocycles. The summed E-state index contributed by atoms with van der Waals surface area (Å²) < 4.78 is 0. The number of rotatable bonds is 8. The van der Waals surface area contributed by atoms with Gasteiger partial charge in [0.2, 0.25) is 0 Å². The molecule has 0 aliphatic carbocycles. The number of nitrogens with one attached hydrogen (secondary N) is 1. The van der Waals surface area contributed by atoms with Crippen molar-refractivity contribution in [2.24, 2.45) is 5.73 Å². The molecule has 232 valence electrons. The van der Waals surface area contributed by atoms with Gasteiger partial charge in [-0.3, -0.25) is 25.0 Å². The predicted octanol–water partition coefficient (Wildman–Crippen LogP) is 3.11. The van der Waals surface area contributed by atoms with Crippen molar-refractivity contribution in [2.75, 3.05) is 52.4 Å². The minimum absolute atomic E-state index is 0.335. The summed E-state index contributed by atoms with van der Waals surface area (Å²) in [6.07, 6.45) is 10.8. The Morgan fingerprint density at radius 1 is 0.800 bits per heavy atom. The highest BCUT2D eigenvalue weighted by Crippen LogP contribution is 2.57. The summed E-state index contributed by atoms with van der Waals surface area (Å²) in [5.41, 5.74) is 9.70. The Morgan fingerprint density at radius 3 is 2.16 bits per heavy atom. The number of nitrogens with two attached hydrogens (primary N) is 1. The number of hydrogen-bond donors (Lipinski definition) is 3. The van der Waals surface area contributed by atoms with Crippen LogP contribution in [0.15, 0.2) is 103 Å². The quantitative estimate of drug-likeness (QED) is 0.277. The molecule has 0 spiro atoms. The van der Waals surface area contributed by atoms with Gasteiger partial charge in [0.15, 0.2) is 11.4 Å². The molecule has 5 heterocycles. The zero-order chi connectivity index (χ0) is 30.7. The fourth-order valence-corrected chi connectivity index (χ4v) is 7.78. The molecule has 0 saturated carbocycles. The van der Waals surface area contributed by atoms with Gasteiger partial charge in [-0.15, -0.1) is 0 Å². The lowest BCUT2D eigenvalue weighted by Crippen LogP contribution is -2.75. The van der Waals surface area contributed by atoms with Gasteiger partial charge in [-0.2, -0.15) is 0 Å². The van der Waals surface area contributed by atoms with E-state index in [0.717, 1.165) is 68.8 Å². The fourth-order valence-electron chi connectivity index (χ4n) is 7.78. The van der Waals surface area contributed by atoms with Gasteiger partial charge in [-0.25, -0.2) is 15.0 Å². The number of piperazine rings is 1. The molecule has 0 radical (unpaired) electrons. The monoisotopic (exact) mass is 603 g/mol. The molecule has 2 aromatic carbocycles. The summed E-state index contributed by atoms with van der Waals surface area (Å²) in [4.78, 5) is 23.9. The van der Waals surface area contributed by atoms with E-state index in [1.165, 1.54) is 5.06 Å². The van der Waals surface area contributed by atoms with Crippen molar-refractivity contribution in [1.29, 1.82) is 0 Å². The maximum absolute atomic E-state index is 13.1. The number of nitrogens with zero attached hydrogens (tertiary/aromatic N) is 7. The zero-order valence-corrected chi connectivity index (χ0v) is 25.5. The van der Waals surface area contributed by atoms with Crippen molar-refractivity contribution in [2.45, 2.75) is 29.8 Å². The van der Waals surface area contributed by atoms with Crippen LogP contribution in [0.2, 0.25) is 0 Å². The molecule has 4 aromatic rings. The van der Waals surface area contributed by atoms with Crippen LogP contribution >= 0.6 is 0 Å². The lowest BCUT2D eigenvalue weighted by atomic mass is 9.58. The van der Waals surface area contributed by atoms with Crippen LogP contribution < -0.4 is 11.1 Å². The van der Waals surface area contributed by atoms with Crippen molar-refractivity contribution in [1.82, 2.24) is 40.1 Å². The second-order valence-electron chi connectivity index (χ2n) is 12.3. The second kappa shape index (κ2) is 12.7. The first kappa shape index (κ1) is 29.6. The molecule has 3 atom stereocenters. The van der Waals surface area contributed by atoms with Crippen LogP contribution in [0.1, 0.15) is 41.4 Å². The molecule has 10 nitrogen and oxygen atoms in total. The number of benzene rings is 2. The van der Waals surface area contributed by atoms with E-state index in [1.807, 2.05) is 36.4 Å². The van der Waals surface area contributed by atoms with E-state index in [2.05, 4.69) is 44.4 Å². The summed E-state index contributed by atoms with van der Waals surface area (Å²) in [6, 6.07) is 22.3. The topological polar surface area (TPSA) is 120 Å². The highest BCUT2D eigenvalue weighted by Gasteiger charge is 2.66. The maximum Gasteiger partial charge on any atom is 0.171 e. The Hall–Kier alpha value is -4.06. The predicted molar refractivity (Wildman–Crippen MR) is 173 cm³/mol. The highest BCUT2D eigenvalue weighted by molar-refractivity contribution is 5.71. The standard InChI is InChI=1S/C35H41N9O/c36-34(26-43-22-18-37-19-23-43)31(27-10-3-1-4-11-27)29(25-42-20-7-8-21-42)32(30-24-38-16-17-39-30)44(45)35(34,28-12-5-2-6-13-28)33-40-14-9-15-41-33/h1-6,9-17,24,31,37,45H,7-8,18-23,25-26,36H2. The van der Waals surface area contributed by atoms with Crippen LogP contribution in [-0.4, -0.2) is 97.9 Å². The van der Waals surface area contributed by atoms with Crippen LogP contribution in [0.3, 0.4) is 0 Å². The SMILES string of the molecule is NC1(CN2CCNCC2)C(c2ccccc2)C(CN2CCCC2)=C(c2cnccn2)N(O)C1(c1ccccc1)c1ncccn1. The van der Waals surface area contributed by atoms with Crippen molar-refractivity contribution in [3.8, 4) is 0 Å². The fraction of sp³-hybridized carbons (Fsp3) is 0.371. The third-order valence-electron chi connectivity index (χ3n) is 9.68. The molecule has 3 unspecified atom stereocenters. The average molecular weight is 604 g/mol. The summed E-state index contributed by atoms with van der Waals surface area (Å²) in [6.45, 7) is 6.55. The van der Waals surface area contributed by atoms with Gasteiger partial charge in [0.05, 0.1) is 17.4 Å². The van der Waals surface area contributed by atoms with Crippen molar-refractivity contribution in [3.63, 3.8) is 0 Å². The largest absolute Gasteiger partial charge is 0.321 e. The molecule has 0 bridgehead atoms. The van der Waals surface area contributed by atoms with E-state index in [-0.39, 0.29) is 5.92 Å². The van der Waals surface area contributed by atoms with Crippen molar-refractivity contribution in [3.05, 3.63) is 126 Å². The molecule has 2 fully saturated rings. The van der Waals surface area contributed by atoms with Gasteiger partial charge in [-0.05, 0) is 48.7 Å². The van der Waals surface area contributed by atoms with E-state index in [9.17, 15) is 5.21 Å². The molecule has 2 saturated heterocycles. The Balaban J connectivity index is 1.60. The number of hydroxylamine groups is 2. The molecule has 2 aromatic heterocycles. The van der Waals surface area contributed by atoms with E-state index < -0.39 is 11.1 Å². The van der Waals surface area contributed by atoms with Crippen LogP contribution in [0.5, 0.6) is 0 Å². The maximum atomic E-state index is 13.1. The van der Waals surface area contributed by atoms with Crippen LogP contribution in [0.25, 0.3) is 5.70 Å². The first-order valence-corrected chi connectivity index (χ1v) is 15.9. The van der Waals surface area contributed by atoms with Gasteiger partial charge in [0.1, 0.15) is 5.69 Å². The molecule has 0 amide bonds. The number of likely N-dealkylation sites (tertiary alicyclic amines) is 1. The lowest BCUT2D eigenvalue weighted by molar-refractivity contribution is -0.155. The van der Waals surface area contributed by atoms with E-state index >= 15 is 0 Å². The minimum Gasteiger partial charge on any atom is -0.321 e. The van der Waals surface area contributed by atoms with Gasteiger partial charge in [-0.1, -0.05) is 60.7 Å². The molecule has 10 heteroatoms. The Kier molecular flexibility index (Phi) is 8.39. The second-order valence-corrected chi connectivity index (χ2v) is 12.3. The van der Waals surface area contributed by atoms with E-state index in [4.69, 9.17) is 20.7 Å². The Labute approximate surface area is 264 Å². The Morgan fingerprint density at radius 2 is 1.49 bits per heavy atom. The molecular formula is C35H41N9O. The normalized spacial score (nSPS) is 26.4. The van der Waals surface area contributed by atoms with E-state index in [1.54, 1.807) is 37.1 Å². The van der Waals surface area contributed by atoms with Crippen LogP contribution in [0, 0.1) is 0 Å². The summed E-state index contributed by atoms with van der Waals surface area (Å²) in [5, 5.41) is 18.0. The molecule has 3 aliphatic rings. The first-order valence-electron chi connectivity index (χ1n) is 15.9. The third-order valence-corrected chi connectivity index (χ3v) is 9.68. The molecule has 7 rings (SSSR count). The van der Waals surface area contributed by atoms with Crippen molar-refractivity contribution >= 4 is 5.70 Å². The summed E-state index contributed by atoms with van der Waals surface area (Å²) in [7, 11) is 0. The smallest absolute Gasteiger partial charge is 0.171 e. The first-order chi connectivity index (χ1) is 22.1. The number of aromatic nitrogens is 4. The lowest BCUT2D eigenvalue weighted by Gasteiger charge is -2.60. The summed E-state index contributed by atoms with van der Waals surface area (Å²) >= 11 is 0. The third kappa shape index (κ3) is 5.22. The highest BCUT2D eigenvalue weighted by atomic mass is 16.5. The zero-order valence-electron chi connectivity index (χ0n) is 25.5. The summed E-state index contributed by atoms with van der Waals surface area (Å²) in [5.74, 6) is 0.0949. The van der Waals surface area contributed by atoms with Crippen LogP contribution in [0.4, 0.5) is 0 Å². The molecular weight excluding hydrogens is 562 g/mol. The van der Waals surface area contributed by atoms with Gasteiger partial charge in [0.25, 0.3) is 0 Å². The van der Waals surface area contributed by atoms with Crippen LogP contribution in [-0.2, 0) is 5.54 Å². The Bertz CT molecular complexity index is 1540. The van der Waals surface area contributed by atoms with Gasteiger partial charge < -0.3 is 11.1 Å². The molecule has 4 N–H and O–H groups in total.